The number of nitrogens with one attached hydrogen (secondary N) is 1. The van der Waals surface area contributed by atoms with Gasteiger partial charge in [0.2, 0.25) is 0 Å². The predicted molar refractivity (Wildman–Crippen MR) is 73.2 cm³/mol. The fourth-order valence-corrected chi connectivity index (χ4v) is 3.01. The molecule has 9 heteroatoms. The molecule has 0 radical (unpaired) electrons. The van der Waals surface area contributed by atoms with Gasteiger partial charge < -0.3 is 0 Å². The Kier molecular flexibility index (Phi) is 3.86. The monoisotopic (exact) mass is 313 g/mol. The molecule has 0 spiro atoms. The van der Waals surface area contributed by atoms with Crippen molar-refractivity contribution in [2.45, 2.75) is 4.90 Å². The first-order chi connectivity index (χ1) is 9.40. The van der Waals surface area contributed by atoms with Gasteiger partial charge in [-0.15, -0.1) is 0 Å². The molecule has 0 aliphatic heterocycles. The van der Waals surface area contributed by atoms with Crippen molar-refractivity contribution in [1.82, 2.24) is 4.98 Å². The number of aromatic nitrogens is 1. The van der Waals surface area contributed by atoms with Crippen LogP contribution in [0, 0.1) is 10.1 Å². The molecule has 0 bridgehead atoms. The molecule has 2 aromatic rings. The van der Waals surface area contributed by atoms with Crippen molar-refractivity contribution < 1.29 is 13.3 Å². The smallest absolute Gasteiger partial charge is 0.270 e. The third kappa shape index (κ3) is 3.03. The van der Waals surface area contributed by atoms with Crippen molar-refractivity contribution >= 4 is 33.0 Å². The zero-order valence-corrected chi connectivity index (χ0v) is 11.4. The quantitative estimate of drug-likeness (QED) is 0.690. The van der Waals surface area contributed by atoms with Gasteiger partial charge in [0.15, 0.2) is 0 Å². The molecule has 2 rings (SSSR count). The Balaban J connectivity index is 2.44. The molecule has 0 saturated carbocycles. The van der Waals surface area contributed by atoms with Crippen LogP contribution >= 0.6 is 11.6 Å². The summed E-state index contributed by atoms with van der Waals surface area (Å²) >= 11 is 5.79. The molecule has 1 heterocycles. The van der Waals surface area contributed by atoms with Crippen molar-refractivity contribution in [1.29, 1.82) is 0 Å². The van der Waals surface area contributed by atoms with Gasteiger partial charge in [0.05, 0.1) is 21.8 Å². The molecule has 1 N–H and O–H groups in total. The average molecular weight is 314 g/mol. The van der Waals surface area contributed by atoms with Gasteiger partial charge in [0, 0.05) is 18.3 Å². The van der Waals surface area contributed by atoms with E-state index in [-0.39, 0.29) is 21.3 Å². The standard InChI is InChI=1S/C11H8ClN3O4S/c12-10-4-3-9(15(16)17)6-11(10)20(18,19)14-8-2-1-5-13-7-8/h1-7,14H. The summed E-state index contributed by atoms with van der Waals surface area (Å²) in [5.41, 5.74) is -0.129. The number of halogens is 1. The summed E-state index contributed by atoms with van der Waals surface area (Å²) in [4.78, 5) is 13.4. The molecule has 1 aromatic heterocycles. The van der Waals surface area contributed by atoms with Crippen LogP contribution in [-0.4, -0.2) is 18.3 Å². The third-order valence-electron chi connectivity index (χ3n) is 2.33. The van der Waals surface area contributed by atoms with Gasteiger partial charge in [-0.1, -0.05) is 11.6 Å². The number of anilines is 1. The van der Waals surface area contributed by atoms with Crippen LogP contribution in [0.25, 0.3) is 0 Å². The number of rotatable bonds is 4. The lowest BCUT2D eigenvalue weighted by Crippen LogP contribution is -2.13. The largest absolute Gasteiger partial charge is 0.278 e. The zero-order valence-electron chi connectivity index (χ0n) is 9.86. The van der Waals surface area contributed by atoms with E-state index < -0.39 is 14.9 Å². The molecular formula is C11H8ClN3O4S. The Hall–Kier alpha value is -2.19. The fraction of sp³-hybridized carbons (Fsp3) is 0. The van der Waals surface area contributed by atoms with Crippen LogP contribution in [-0.2, 0) is 10.0 Å². The lowest BCUT2D eigenvalue weighted by molar-refractivity contribution is -0.385. The molecule has 0 amide bonds. The van der Waals surface area contributed by atoms with E-state index in [0.29, 0.717) is 0 Å². The number of benzene rings is 1. The molecule has 0 saturated heterocycles. The van der Waals surface area contributed by atoms with Crippen molar-refractivity contribution in [2.24, 2.45) is 0 Å². The van der Waals surface area contributed by atoms with E-state index in [4.69, 9.17) is 11.6 Å². The van der Waals surface area contributed by atoms with E-state index in [0.717, 1.165) is 18.2 Å². The van der Waals surface area contributed by atoms with Crippen LogP contribution in [0.5, 0.6) is 0 Å². The SMILES string of the molecule is O=[N+]([O-])c1ccc(Cl)c(S(=O)(=O)Nc2cccnc2)c1. The lowest BCUT2D eigenvalue weighted by Gasteiger charge is -2.08. The average Bonchev–Trinajstić information content (AvgIpc) is 2.39. The predicted octanol–water partition coefficient (Wildman–Crippen LogP) is 2.44. The highest BCUT2D eigenvalue weighted by molar-refractivity contribution is 7.92. The number of sulfonamides is 1. The summed E-state index contributed by atoms with van der Waals surface area (Å²) in [6.45, 7) is 0. The Labute approximate surface area is 119 Å². The normalized spacial score (nSPS) is 11.1. The minimum absolute atomic E-state index is 0.105. The number of non-ortho nitro benzene ring substituents is 1. The second-order valence-electron chi connectivity index (χ2n) is 3.72. The third-order valence-corrected chi connectivity index (χ3v) is 4.19. The van der Waals surface area contributed by atoms with Crippen LogP contribution in [0.2, 0.25) is 5.02 Å². The van der Waals surface area contributed by atoms with Crippen LogP contribution in [0.3, 0.4) is 0 Å². The lowest BCUT2D eigenvalue weighted by atomic mass is 10.3. The topological polar surface area (TPSA) is 102 Å². The van der Waals surface area contributed by atoms with Gasteiger partial charge in [0.1, 0.15) is 4.90 Å². The van der Waals surface area contributed by atoms with E-state index in [9.17, 15) is 18.5 Å². The summed E-state index contributed by atoms with van der Waals surface area (Å²) in [5.74, 6) is 0. The van der Waals surface area contributed by atoms with Crippen molar-refractivity contribution in [3.05, 3.63) is 57.9 Å². The first kappa shape index (κ1) is 14.2. The second-order valence-corrected chi connectivity index (χ2v) is 5.78. The molecular weight excluding hydrogens is 306 g/mol. The molecule has 0 aliphatic rings. The summed E-state index contributed by atoms with van der Waals surface area (Å²) in [6.07, 6.45) is 2.79. The maximum Gasteiger partial charge on any atom is 0.270 e. The summed E-state index contributed by atoms with van der Waals surface area (Å²) in [7, 11) is -4.03. The Morgan fingerprint density at radius 2 is 2.05 bits per heavy atom. The molecule has 0 atom stereocenters. The minimum atomic E-state index is -4.03. The number of nitro groups is 1. The minimum Gasteiger partial charge on any atom is -0.278 e. The highest BCUT2D eigenvalue weighted by atomic mass is 35.5. The van der Waals surface area contributed by atoms with E-state index in [1.54, 1.807) is 6.07 Å². The highest BCUT2D eigenvalue weighted by Crippen LogP contribution is 2.27. The van der Waals surface area contributed by atoms with Crippen molar-refractivity contribution in [3.63, 3.8) is 0 Å². The molecule has 0 unspecified atom stereocenters. The highest BCUT2D eigenvalue weighted by Gasteiger charge is 2.21. The van der Waals surface area contributed by atoms with Gasteiger partial charge in [-0.2, -0.15) is 0 Å². The molecule has 0 aliphatic carbocycles. The van der Waals surface area contributed by atoms with Crippen molar-refractivity contribution in [3.8, 4) is 0 Å². The van der Waals surface area contributed by atoms with Crippen molar-refractivity contribution in [2.75, 3.05) is 4.72 Å². The first-order valence-corrected chi connectivity index (χ1v) is 7.13. The molecule has 104 valence electrons. The maximum absolute atomic E-state index is 12.2. The van der Waals surface area contributed by atoms with Gasteiger partial charge >= 0.3 is 0 Å². The van der Waals surface area contributed by atoms with Crippen LogP contribution in [0.15, 0.2) is 47.6 Å². The number of nitrogens with zero attached hydrogens (tertiary/aromatic N) is 2. The Bertz CT molecular complexity index is 750. The second kappa shape index (κ2) is 5.43. The number of nitro benzene ring substituents is 1. The first-order valence-electron chi connectivity index (χ1n) is 5.27. The van der Waals surface area contributed by atoms with Crippen LogP contribution < -0.4 is 4.72 Å². The summed E-state index contributed by atoms with van der Waals surface area (Å²) in [5, 5.41) is 10.6. The maximum atomic E-state index is 12.2. The number of hydrogen-bond acceptors (Lipinski definition) is 5. The van der Waals surface area contributed by atoms with Gasteiger partial charge in [-0.05, 0) is 18.2 Å². The molecule has 7 nitrogen and oxygen atoms in total. The Morgan fingerprint density at radius 3 is 2.65 bits per heavy atom. The van der Waals surface area contributed by atoms with E-state index in [1.807, 2.05) is 0 Å². The molecule has 20 heavy (non-hydrogen) atoms. The van der Waals surface area contributed by atoms with Crippen LogP contribution in [0.4, 0.5) is 11.4 Å². The van der Waals surface area contributed by atoms with Crippen LogP contribution in [0.1, 0.15) is 0 Å². The Morgan fingerprint density at radius 1 is 1.30 bits per heavy atom. The summed E-state index contributed by atoms with van der Waals surface area (Å²) in [6, 6.07) is 6.24. The van der Waals surface area contributed by atoms with E-state index >= 15 is 0 Å². The van der Waals surface area contributed by atoms with Gasteiger partial charge in [0.25, 0.3) is 15.7 Å². The van der Waals surface area contributed by atoms with E-state index in [1.165, 1.54) is 18.5 Å². The van der Waals surface area contributed by atoms with Gasteiger partial charge in [-0.25, -0.2) is 8.42 Å². The fourth-order valence-electron chi connectivity index (χ4n) is 1.44. The number of pyridine rings is 1. The zero-order chi connectivity index (χ0) is 14.8. The number of hydrogen-bond donors (Lipinski definition) is 1. The van der Waals surface area contributed by atoms with E-state index in [2.05, 4.69) is 9.71 Å². The molecule has 0 fully saturated rings. The summed E-state index contributed by atoms with van der Waals surface area (Å²) < 4.78 is 26.5. The van der Waals surface area contributed by atoms with Gasteiger partial charge in [-0.3, -0.25) is 19.8 Å². The molecule has 1 aromatic carbocycles.